The Hall–Kier alpha value is -2.88. The monoisotopic (exact) mass is 438 g/mol. The first-order chi connectivity index (χ1) is 15.5. The molecule has 2 aromatic carbocycles. The molecule has 0 bridgehead atoms. The number of aromatic nitrogens is 2. The number of aryl methyl sites for hydroxylation is 1. The lowest BCUT2D eigenvalue weighted by molar-refractivity contribution is -0.231. The Balaban J connectivity index is 1.50. The molecule has 1 aromatic heterocycles. The van der Waals surface area contributed by atoms with Crippen LogP contribution in [0.25, 0.3) is 0 Å². The van der Waals surface area contributed by atoms with Crippen LogP contribution in [0.2, 0.25) is 0 Å². The zero-order valence-corrected chi connectivity index (χ0v) is 17.6. The predicted octanol–water partition coefficient (Wildman–Crippen LogP) is 1.68. The SMILES string of the molecule is Cc1ccc([C@@H]2O[C@H](CO)[C@@H](O)[C@H](O)[C@H]2O)cc1Cc1ccc(Oc2cnccn2)cc1. The van der Waals surface area contributed by atoms with Crippen LogP contribution in [0.4, 0.5) is 0 Å². The summed E-state index contributed by atoms with van der Waals surface area (Å²) in [7, 11) is 0. The second-order valence-electron chi connectivity index (χ2n) is 7.90. The minimum absolute atomic E-state index is 0.420. The van der Waals surface area contributed by atoms with Crippen LogP contribution in [0, 0.1) is 6.92 Å². The average molecular weight is 438 g/mol. The van der Waals surface area contributed by atoms with Gasteiger partial charge in [0.2, 0.25) is 5.88 Å². The lowest BCUT2D eigenvalue weighted by atomic mass is 9.89. The summed E-state index contributed by atoms with van der Waals surface area (Å²) in [6.45, 7) is 1.54. The number of hydrogen-bond donors (Lipinski definition) is 4. The molecule has 5 atom stereocenters. The molecule has 0 spiro atoms. The van der Waals surface area contributed by atoms with E-state index in [9.17, 15) is 20.4 Å². The van der Waals surface area contributed by atoms with Crippen LogP contribution < -0.4 is 4.74 Å². The summed E-state index contributed by atoms with van der Waals surface area (Å²) in [6, 6.07) is 13.3. The van der Waals surface area contributed by atoms with Crippen molar-refractivity contribution >= 4 is 0 Å². The third-order valence-electron chi connectivity index (χ3n) is 5.67. The highest BCUT2D eigenvalue weighted by molar-refractivity contribution is 5.38. The van der Waals surface area contributed by atoms with E-state index < -0.39 is 37.1 Å². The van der Waals surface area contributed by atoms with E-state index in [1.54, 1.807) is 18.6 Å². The van der Waals surface area contributed by atoms with E-state index >= 15 is 0 Å². The van der Waals surface area contributed by atoms with Crippen molar-refractivity contribution in [3.8, 4) is 11.6 Å². The van der Waals surface area contributed by atoms with Crippen LogP contribution in [-0.2, 0) is 11.2 Å². The van der Waals surface area contributed by atoms with E-state index in [0.29, 0.717) is 23.6 Å². The Kier molecular flexibility index (Phi) is 6.78. The normalized spacial score (nSPS) is 25.5. The molecule has 1 aliphatic rings. The lowest BCUT2D eigenvalue weighted by Crippen LogP contribution is -2.55. The topological polar surface area (TPSA) is 125 Å². The van der Waals surface area contributed by atoms with Crippen molar-refractivity contribution in [1.82, 2.24) is 9.97 Å². The van der Waals surface area contributed by atoms with Gasteiger partial charge in [0, 0.05) is 12.4 Å². The van der Waals surface area contributed by atoms with Gasteiger partial charge in [0.05, 0.1) is 12.8 Å². The smallest absolute Gasteiger partial charge is 0.237 e. The van der Waals surface area contributed by atoms with E-state index in [1.165, 1.54) is 0 Å². The number of ether oxygens (including phenoxy) is 2. The van der Waals surface area contributed by atoms with Gasteiger partial charge in [-0.05, 0) is 47.7 Å². The van der Waals surface area contributed by atoms with Crippen molar-refractivity contribution in [2.75, 3.05) is 6.61 Å². The minimum atomic E-state index is -1.41. The molecule has 168 valence electrons. The van der Waals surface area contributed by atoms with Crippen molar-refractivity contribution in [2.45, 2.75) is 43.9 Å². The summed E-state index contributed by atoms with van der Waals surface area (Å²) < 4.78 is 11.4. The van der Waals surface area contributed by atoms with Crippen molar-refractivity contribution in [2.24, 2.45) is 0 Å². The molecule has 0 unspecified atom stereocenters. The summed E-state index contributed by atoms with van der Waals surface area (Å²) >= 11 is 0. The number of aliphatic hydroxyl groups is 4. The first-order valence-corrected chi connectivity index (χ1v) is 10.4. The fourth-order valence-electron chi connectivity index (χ4n) is 3.79. The summed E-state index contributed by atoms with van der Waals surface area (Å²) in [6.07, 6.45) is -0.551. The number of rotatable bonds is 6. The highest BCUT2D eigenvalue weighted by Crippen LogP contribution is 2.33. The largest absolute Gasteiger partial charge is 0.438 e. The van der Waals surface area contributed by atoms with Gasteiger partial charge in [0.25, 0.3) is 0 Å². The summed E-state index contributed by atoms with van der Waals surface area (Å²) in [5, 5.41) is 40.0. The zero-order chi connectivity index (χ0) is 22.7. The Morgan fingerprint density at radius 2 is 1.75 bits per heavy atom. The first-order valence-electron chi connectivity index (χ1n) is 10.4. The Bertz CT molecular complexity index is 1030. The second-order valence-corrected chi connectivity index (χ2v) is 7.90. The maximum atomic E-state index is 10.4. The van der Waals surface area contributed by atoms with Crippen LogP contribution in [0.1, 0.15) is 28.4 Å². The molecule has 2 heterocycles. The fraction of sp³-hybridized carbons (Fsp3) is 0.333. The quantitative estimate of drug-likeness (QED) is 0.458. The van der Waals surface area contributed by atoms with Crippen LogP contribution in [0.3, 0.4) is 0 Å². The zero-order valence-electron chi connectivity index (χ0n) is 17.6. The van der Waals surface area contributed by atoms with Gasteiger partial charge in [0.15, 0.2) is 0 Å². The van der Waals surface area contributed by atoms with E-state index in [0.717, 1.165) is 16.7 Å². The molecule has 0 amide bonds. The summed E-state index contributed by atoms with van der Waals surface area (Å²) in [4.78, 5) is 8.07. The Labute approximate surface area is 185 Å². The molecule has 3 aromatic rings. The predicted molar refractivity (Wildman–Crippen MR) is 115 cm³/mol. The maximum Gasteiger partial charge on any atom is 0.237 e. The molecular weight excluding hydrogens is 412 g/mol. The van der Waals surface area contributed by atoms with Gasteiger partial charge >= 0.3 is 0 Å². The molecular formula is C24H26N2O6. The number of benzene rings is 2. The fourth-order valence-corrected chi connectivity index (χ4v) is 3.79. The molecule has 1 fully saturated rings. The van der Waals surface area contributed by atoms with E-state index in [4.69, 9.17) is 9.47 Å². The summed E-state index contributed by atoms with van der Waals surface area (Å²) in [5.41, 5.74) is 3.83. The number of aliphatic hydroxyl groups excluding tert-OH is 4. The molecule has 32 heavy (non-hydrogen) atoms. The molecule has 0 radical (unpaired) electrons. The van der Waals surface area contributed by atoms with Gasteiger partial charge in [0.1, 0.15) is 36.3 Å². The van der Waals surface area contributed by atoms with Gasteiger partial charge in [-0.25, -0.2) is 4.98 Å². The van der Waals surface area contributed by atoms with Crippen LogP contribution >= 0.6 is 0 Å². The molecule has 0 saturated carbocycles. The van der Waals surface area contributed by atoms with Crippen molar-refractivity contribution in [3.63, 3.8) is 0 Å². The molecule has 0 aliphatic carbocycles. The lowest BCUT2D eigenvalue weighted by Gasteiger charge is -2.40. The van der Waals surface area contributed by atoms with Gasteiger partial charge in [-0.15, -0.1) is 0 Å². The van der Waals surface area contributed by atoms with Gasteiger partial charge in [-0.2, -0.15) is 0 Å². The average Bonchev–Trinajstić information content (AvgIpc) is 2.81. The van der Waals surface area contributed by atoms with Crippen LogP contribution in [0.15, 0.2) is 61.1 Å². The number of nitrogens with zero attached hydrogens (tertiary/aromatic N) is 2. The third-order valence-corrected chi connectivity index (χ3v) is 5.67. The maximum absolute atomic E-state index is 10.4. The van der Waals surface area contributed by atoms with Crippen molar-refractivity contribution < 1.29 is 29.9 Å². The molecule has 1 aliphatic heterocycles. The standard InChI is InChI=1S/C24H26N2O6/c1-14-2-5-16(24-23(30)22(29)21(28)19(13-27)32-24)11-17(14)10-15-3-6-18(7-4-15)31-20-12-25-8-9-26-20/h2-9,11-12,19,21-24,27-30H,10,13H2,1H3/t19-,21-,22+,23-,24+/m1/s1. The molecule has 1 saturated heterocycles. The molecule has 4 N–H and O–H groups in total. The highest BCUT2D eigenvalue weighted by Gasteiger charge is 2.43. The van der Waals surface area contributed by atoms with Gasteiger partial charge in [-0.3, -0.25) is 4.98 Å². The molecule has 4 rings (SSSR count). The highest BCUT2D eigenvalue weighted by atomic mass is 16.5. The van der Waals surface area contributed by atoms with E-state index in [-0.39, 0.29) is 0 Å². The van der Waals surface area contributed by atoms with Crippen molar-refractivity contribution in [1.29, 1.82) is 0 Å². The minimum Gasteiger partial charge on any atom is -0.438 e. The third kappa shape index (κ3) is 4.79. The van der Waals surface area contributed by atoms with Crippen LogP contribution in [0.5, 0.6) is 11.6 Å². The molecule has 8 nitrogen and oxygen atoms in total. The Morgan fingerprint density at radius 3 is 2.44 bits per heavy atom. The Morgan fingerprint density at radius 1 is 0.969 bits per heavy atom. The second kappa shape index (κ2) is 9.72. The van der Waals surface area contributed by atoms with Gasteiger partial charge < -0.3 is 29.9 Å². The van der Waals surface area contributed by atoms with Crippen molar-refractivity contribution in [3.05, 3.63) is 83.3 Å². The van der Waals surface area contributed by atoms with Crippen LogP contribution in [-0.4, -0.2) is 61.4 Å². The molecule has 8 heteroatoms. The summed E-state index contributed by atoms with van der Waals surface area (Å²) in [5.74, 6) is 1.07. The van der Waals surface area contributed by atoms with E-state index in [2.05, 4.69) is 9.97 Å². The first kappa shape index (κ1) is 22.3. The van der Waals surface area contributed by atoms with Gasteiger partial charge in [-0.1, -0.05) is 30.3 Å². The number of hydrogen-bond acceptors (Lipinski definition) is 8. The van der Waals surface area contributed by atoms with E-state index in [1.807, 2.05) is 49.4 Å².